The Balaban J connectivity index is 2.84. The molecule has 1 aromatic rings. The van der Waals surface area contributed by atoms with Gasteiger partial charge in [0.25, 0.3) is 0 Å². The smallest absolute Gasteiger partial charge is 0.323 e. The molecule has 0 aliphatic rings. The number of anilines is 2. The van der Waals surface area contributed by atoms with Crippen molar-refractivity contribution >= 4 is 11.9 Å². The molecule has 0 aliphatic carbocycles. The van der Waals surface area contributed by atoms with Crippen LogP contribution in [0, 0.1) is 0 Å². The number of aliphatic hydroxyl groups excluding tert-OH is 1. The van der Waals surface area contributed by atoms with E-state index in [0.29, 0.717) is 19.1 Å². The molecule has 0 aliphatic heterocycles. The van der Waals surface area contributed by atoms with Crippen molar-refractivity contribution in [3.05, 3.63) is 0 Å². The van der Waals surface area contributed by atoms with Gasteiger partial charge in [-0.25, -0.2) is 0 Å². The molecule has 0 saturated carbocycles. The molecule has 3 N–H and O–H groups in total. The van der Waals surface area contributed by atoms with E-state index in [1.54, 1.807) is 0 Å². The number of aliphatic hydroxyl groups is 1. The quantitative estimate of drug-likeness (QED) is 0.685. The number of unbranched alkanes of at least 4 members (excludes halogenated alkanes) is 1. The average Bonchev–Trinajstić information content (AvgIpc) is 2.40. The number of nitrogens with two attached hydrogens (primary N) is 1. The number of nitrogens with zero attached hydrogens (tertiary/aromatic N) is 4. The van der Waals surface area contributed by atoms with E-state index >= 15 is 0 Å². The van der Waals surface area contributed by atoms with Crippen molar-refractivity contribution in [2.75, 3.05) is 36.9 Å². The lowest BCUT2D eigenvalue weighted by atomic mass is 10.3. The summed E-state index contributed by atoms with van der Waals surface area (Å²) in [6, 6.07) is 0.240. The maximum absolute atomic E-state index is 9.10. The van der Waals surface area contributed by atoms with Crippen molar-refractivity contribution in [2.45, 2.75) is 33.1 Å². The molecule has 19 heavy (non-hydrogen) atoms. The molecule has 7 nitrogen and oxygen atoms in total. The van der Waals surface area contributed by atoms with Gasteiger partial charge < -0.3 is 20.5 Å². The van der Waals surface area contributed by atoms with Crippen molar-refractivity contribution in [3.63, 3.8) is 0 Å². The summed E-state index contributed by atoms with van der Waals surface area (Å²) in [5, 5.41) is 9.10. The first-order valence-corrected chi connectivity index (χ1v) is 6.71. The first kappa shape index (κ1) is 15.4. The van der Waals surface area contributed by atoms with Gasteiger partial charge in [0.2, 0.25) is 11.9 Å². The Morgan fingerprint density at radius 1 is 1.16 bits per heavy atom. The van der Waals surface area contributed by atoms with Crippen LogP contribution in [0.25, 0.3) is 0 Å². The molecule has 0 fully saturated rings. The van der Waals surface area contributed by atoms with E-state index < -0.39 is 0 Å². The number of ether oxygens (including phenoxy) is 1. The van der Waals surface area contributed by atoms with Crippen LogP contribution in [0.5, 0.6) is 6.01 Å². The molecule has 1 aromatic heterocycles. The Hall–Kier alpha value is -1.63. The van der Waals surface area contributed by atoms with E-state index in [9.17, 15) is 0 Å². The van der Waals surface area contributed by atoms with E-state index in [4.69, 9.17) is 15.6 Å². The molecule has 0 saturated heterocycles. The zero-order chi connectivity index (χ0) is 14.1. The zero-order valence-corrected chi connectivity index (χ0v) is 11.7. The van der Waals surface area contributed by atoms with Crippen LogP contribution in [0.4, 0.5) is 11.9 Å². The molecule has 0 spiro atoms. The fourth-order valence-corrected chi connectivity index (χ4v) is 1.54. The summed E-state index contributed by atoms with van der Waals surface area (Å²) in [6.07, 6.45) is 2.93. The molecule has 0 unspecified atom stereocenters. The highest BCUT2D eigenvalue weighted by Gasteiger charge is 2.12. The van der Waals surface area contributed by atoms with Gasteiger partial charge in [0.15, 0.2) is 0 Å². The second-order valence-electron chi connectivity index (χ2n) is 4.19. The summed E-state index contributed by atoms with van der Waals surface area (Å²) in [7, 11) is 0. The fraction of sp³-hybridized carbons (Fsp3) is 0.750. The summed E-state index contributed by atoms with van der Waals surface area (Å²) in [5.41, 5.74) is 5.66. The molecule has 108 valence electrons. The maximum atomic E-state index is 9.10. The van der Waals surface area contributed by atoms with Crippen LogP contribution >= 0.6 is 0 Å². The lowest BCUT2D eigenvalue weighted by Crippen LogP contribution is -2.30. The summed E-state index contributed by atoms with van der Waals surface area (Å²) < 4.78 is 5.38. The van der Waals surface area contributed by atoms with Gasteiger partial charge >= 0.3 is 6.01 Å². The average molecular weight is 269 g/mol. The number of aromatic nitrogens is 3. The normalized spacial score (nSPS) is 10.5. The third kappa shape index (κ3) is 5.25. The topological polar surface area (TPSA) is 97.4 Å². The first-order chi connectivity index (χ1) is 9.21. The Morgan fingerprint density at radius 2 is 1.95 bits per heavy atom. The van der Waals surface area contributed by atoms with Crippen LogP contribution in [0.3, 0.4) is 0 Å². The van der Waals surface area contributed by atoms with Crippen molar-refractivity contribution in [1.82, 2.24) is 15.0 Å². The standard InChI is InChI=1S/C12H23N5O2/c1-3-5-6-17(7-8-18)11-14-10(13)15-12(16-11)19-9-4-2/h18H,3-9H2,1-2H3,(H2,13,14,15,16). The van der Waals surface area contributed by atoms with Gasteiger partial charge in [0.05, 0.1) is 13.2 Å². The zero-order valence-electron chi connectivity index (χ0n) is 11.7. The molecular weight excluding hydrogens is 246 g/mol. The lowest BCUT2D eigenvalue weighted by molar-refractivity contribution is 0.289. The summed E-state index contributed by atoms with van der Waals surface area (Å²) in [6.45, 7) is 5.93. The van der Waals surface area contributed by atoms with E-state index in [1.807, 2.05) is 11.8 Å². The first-order valence-electron chi connectivity index (χ1n) is 6.71. The highest BCUT2D eigenvalue weighted by molar-refractivity contribution is 5.35. The Kier molecular flexibility index (Phi) is 6.88. The van der Waals surface area contributed by atoms with E-state index in [1.165, 1.54) is 0 Å². The van der Waals surface area contributed by atoms with Crippen molar-refractivity contribution in [2.24, 2.45) is 0 Å². The van der Waals surface area contributed by atoms with Crippen molar-refractivity contribution < 1.29 is 9.84 Å². The van der Waals surface area contributed by atoms with Crippen molar-refractivity contribution in [1.29, 1.82) is 0 Å². The Bertz CT molecular complexity index is 375. The van der Waals surface area contributed by atoms with Gasteiger partial charge in [-0.2, -0.15) is 15.0 Å². The van der Waals surface area contributed by atoms with Crippen LogP contribution in [0.2, 0.25) is 0 Å². The summed E-state index contributed by atoms with van der Waals surface area (Å²) in [4.78, 5) is 14.2. The highest BCUT2D eigenvalue weighted by atomic mass is 16.5. The minimum atomic E-state index is 0.0421. The molecule has 0 atom stereocenters. The summed E-state index contributed by atoms with van der Waals surface area (Å²) in [5.74, 6) is 0.594. The van der Waals surface area contributed by atoms with Crippen LogP contribution in [0.15, 0.2) is 0 Å². The summed E-state index contributed by atoms with van der Waals surface area (Å²) >= 11 is 0. The van der Waals surface area contributed by atoms with Crippen LogP contribution in [-0.4, -0.2) is 46.4 Å². The predicted molar refractivity (Wildman–Crippen MR) is 74.2 cm³/mol. The Morgan fingerprint density at radius 3 is 2.58 bits per heavy atom. The molecule has 7 heteroatoms. The second kappa shape index (κ2) is 8.47. The number of rotatable bonds is 9. The van der Waals surface area contributed by atoms with Gasteiger partial charge in [-0.05, 0) is 12.8 Å². The molecular formula is C12H23N5O2. The monoisotopic (exact) mass is 269 g/mol. The maximum Gasteiger partial charge on any atom is 0.323 e. The fourth-order valence-electron chi connectivity index (χ4n) is 1.54. The second-order valence-corrected chi connectivity index (χ2v) is 4.19. The van der Waals surface area contributed by atoms with Crippen molar-refractivity contribution in [3.8, 4) is 6.01 Å². The van der Waals surface area contributed by atoms with Crippen LogP contribution < -0.4 is 15.4 Å². The lowest BCUT2D eigenvalue weighted by Gasteiger charge is -2.21. The molecule has 0 bridgehead atoms. The van der Waals surface area contributed by atoms with Gasteiger partial charge in [0, 0.05) is 13.1 Å². The minimum absolute atomic E-state index is 0.0421. The SMILES string of the molecule is CCCCN(CCO)c1nc(N)nc(OCCC)n1. The minimum Gasteiger partial charge on any atom is -0.463 e. The molecule has 0 aromatic carbocycles. The number of hydrogen-bond acceptors (Lipinski definition) is 7. The highest BCUT2D eigenvalue weighted by Crippen LogP contribution is 2.14. The van der Waals surface area contributed by atoms with E-state index in [-0.39, 0.29) is 18.6 Å². The number of hydrogen-bond donors (Lipinski definition) is 2. The van der Waals surface area contributed by atoms with Gasteiger partial charge in [0.1, 0.15) is 0 Å². The predicted octanol–water partition coefficient (Wildman–Crippen LogP) is 0.841. The molecule has 0 amide bonds. The third-order valence-electron chi connectivity index (χ3n) is 2.49. The van der Waals surface area contributed by atoms with E-state index in [0.717, 1.165) is 25.8 Å². The van der Waals surface area contributed by atoms with Gasteiger partial charge in [-0.1, -0.05) is 20.3 Å². The van der Waals surface area contributed by atoms with Gasteiger partial charge in [-0.15, -0.1) is 0 Å². The van der Waals surface area contributed by atoms with Crippen LogP contribution in [0.1, 0.15) is 33.1 Å². The molecule has 0 radical (unpaired) electrons. The van der Waals surface area contributed by atoms with Gasteiger partial charge in [-0.3, -0.25) is 0 Å². The van der Waals surface area contributed by atoms with Crippen LogP contribution in [-0.2, 0) is 0 Å². The Labute approximate surface area is 113 Å². The molecule has 1 heterocycles. The third-order valence-corrected chi connectivity index (χ3v) is 2.49. The largest absolute Gasteiger partial charge is 0.463 e. The van der Waals surface area contributed by atoms with E-state index in [2.05, 4.69) is 21.9 Å². The number of nitrogen functional groups attached to an aromatic ring is 1. The molecule has 1 rings (SSSR count).